The summed E-state index contributed by atoms with van der Waals surface area (Å²) in [5.74, 6) is -0.632. The van der Waals surface area contributed by atoms with E-state index in [1.165, 1.54) is 25.3 Å². The minimum absolute atomic E-state index is 0.129. The number of rotatable bonds is 10. The van der Waals surface area contributed by atoms with Gasteiger partial charge in [0, 0.05) is 18.7 Å². The Balaban J connectivity index is 1.60. The number of benzene rings is 2. The van der Waals surface area contributed by atoms with Crippen LogP contribution in [-0.2, 0) is 11.3 Å². The van der Waals surface area contributed by atoms with Gasteiger partial charge in [0.1, 0.15) is 5.82 Å². The molecule has 0 aliphatic rings. The predicted molar refractivity (Wildman–Crippen MR) is 132 cm³/mol. The average Bonchev–Trinajstić information content (AvgIpc) is 3.21. The molecule has 3 aromatic rings. The van der Waals surface area contributed by atoms with Crippen molar-refractivity contribution >= 4 is 34.1 Å². The Kier molecular flexibility index (Phi) is 8.80. The molecule has 8 nitrogen and oxygen atoms in total. The summed E-state index contributed by atoms with van der Waals surface area (Å²) in [6.45, 7) is 4.21. The molecule has 35 heavy (non-hydrogen) atoms. The Morgan fingerprint density at radius 2 is 1.80 bits per heavy atom. The quantitative estimate of drug-likeness (QED) is 0.392. The number of amides is 3. The van der Waals surface area contributed by atoms with Crippen LogP contribution in [-0.4, -0.2) is 38.0 Å². The van der Waals surface area contributed by atoms with E-state index in [9.17, 15) is 18.8 Å². The number of methoxy groups -OCH3 is 1. The van der Waals surface area contributed by atoms with E-state index in [1.54, 1.807) is 31.2 Å². The molecule has 0 saturated carbocycles. The zero-order valence-electron chi connectivity index (χ0n) is 19.6. The van der Waals surface area contributed by atoms with Gasteiger partial charge in [-0.2, -0.15) is 0 Å². The second-order valence-corrected chi connectivity index (χ2v) is 8.55. The molecular formula is C25H26FN3O5S. The van der Waals surface area contributed by atoms with Crippen molar-refractivity contribution in [1.29, 1.82) is 0 Å². The lowest BCUT2D eigenvalue weighted by Crippen LogP contribution is -2.28. The molecule has 0 bridgehead atoms. The summed E-state index contributed by atoms with van der Waals surface area (Å²) in [5, 5.41) is 8.68. The lowest BCUT2D eigenvalue weighted by Gasteiger charge is -2.12. The lowest BCUT2D eigenvalue weighted by atomic mass is 10.2. The van der Waals surface area contributed by atoms with E-state index < -0.39 is 11.7 Å². The smallest absolute Gasteiger partial charge is 0.261 e. The molecule has 2 aromatic carbocycles. The third kappa shape index (κ3) is 7.03. The minimum Gasteiger partial charge on any atom is -0.493 e. The van der Waals surface area contributed by atoms with Gasteiger partial charge in [0.2, 0.25) is 0 Å². The van der Waals surface area contributed by atoms with Crippen LogP contribution in [0, 0.1) is 12.7 Å². The Labute approximate surface area is 206 Å². The van der Waals surface area contributed by atoms with Gasteiger partial charge in [0.15, 0.2) is 18.1 Å². The number of nitrogens with one attached hydrogen (secondary N) is 3. The Morgan fingerprint density at radius 3 is 2.51 bits per heavy atom. The normalized spacial score (nSPS) is 10.4. The molecule has 0 spiro atoms. The molecule has 0 aliphatic heterocycles. The van der Waals surface area contributed by atoms with Gasteiger partial charge in [0.05, 0.1) is 17.0 Å². The number of hydrogen-bond acceptors (Lipinski definition) is 6. The van der Waals surface area contributed by atoms with Crippen molar-refractivity contribution in [2.75, 3.05) is 25.6 Å². The first kappa shape index (κ1) is 25.7. The van der Waals surface area contributed by atoms with Crippen LogP contribution in [0.1, 0.15) is 38.1 Å². The van der Waals surface area contributed by atoms with Crippen LogP contribution in [0.3, 0.4) is 0 Å². The molecule has 10 heteroatoms. The maximum atomic E-state index is 13.4. The minimum atomic E-state index is -0.502. The van der Waals surface area contributed by atoms with E-state index in [0.29, 0.717) is 33.5 Å². The highest BCUT2D eigenvalue weighted by Crippen LogP contribution is 2.29. The highest BCUT2D eigenvalue weighted by molar-refractivity contribution is 7.18. The van der Waals surface area contributed by atoms with Crippen LogP contribution in [0.2, 0.25) is 0 Å². The van der Waals surface area contributed by atoms with Crippen molar-refractivity contribution in [3.63, 3.8) is 0 Å². The third-order valence-electron chi connectivity index (χ3n) is 4.86. The average molecular weight is 500 g/mol. The molecule has 0 saturated heterocycles. The summed E-state index contributed by atoms with van der Waals surface area (Å²) in [4.78, 5) is 37.2. The summed E-state index contributed by atoms with van der Waals surface area (Å²) >= 11 is 1.13. The fourth-order valence-electron chi connectivity index (χ4n) is 3.18. The summed E-state index contributed by atoms with van der Waals surface area (Å²) in [6, 6.07) is 12.2. The van der Waals surface area contributed by atoms with Crippen molar-refractivity contribution in [3.05, 3.63) is 75.9 Å². The van der Waals surface area contributed by atoms with Gasteiger partial charge in [-0.25, -0.2) is 4.39 Å². The van der Waals surface area contributed by atoms with Crippen molar-refractivity contribution < 1.29 is 28.2 Å². The fourth-order valence-corrected chi connectivity index (χ4v) is 4.16. The van der Waals surface area contributed by atoms with Gasteiger partial charge >= 0.3 is 0 Å². The SMILES string of the molecule is CCNC(=O)COc1ccc(CNC(=O)c2sc(NC(=O)c3cccc(F)c3)cc2C)cc1OC. The lowest BCUT2D eigenvalue weighted by molar-refractivity contribution is -0.123. The number of thiophene rings is 1. The van der Waals surface area contributed by atoms with Crippen molar-refractivity contribution in [2.24, 2.45) is 0 Å². The monoisotopic (exact) mass is 499 g/mol. The zero-order chi connectivity index (χ0) is 25.4. The molecule has 1 aromatic heterocycles. The first-order valence-electron chi connectivity index (χ1n) is 10.8. The second kappa shape index (κ2) is 12.0. The van der Waals surface area contributed by atoms with E-state index in [1.807, 2.05) is 6.92 Å². The van der Waals surface area contributed by atoms with E-state index >= 15 is 0 Å². The number of halogens is 1. The summed E-state index contributed by atoms with van der Waals surface area (Å²) in [7, 11) is 1.49. The molecule has 1 heterocycles. The summed E-state index contributed by atoms with van der Waals surface area (Å²) in [6.07, 6.45) is 0. The van der Waals surface area contributed by atoms with Crippen molar-refractivity contribution in [3.8, 4) is 11.5 Å². The molecule has 3 N–H and O–H groups in total. The number of carbonyl (C=O) groups is 3. The van der Waals surface area contributed by atoms with Crippen molar-refractivity contribution in [1.82, 2.24) is 10.6 Å². The first-order valence-corrected chi connectivity index (χ1v) is 11.6. The van der Waals surface area contributed by atoms with E-state index in [2.05, 4.69) is 16.0 Å². The molecule has 3 amide bonds. The van der Waals surface area contributed by atoms with Gasteiger partial charge in [-0.05, 0) is 61.4 Å². The van der Waals surface area contributed by atoms with Crippen LogP contribution in [0.15, 0.2) is 48.5 Å². The highest BCUT2D eigenvalue weighted by atomic mass is 32.1. The zero-order valence-corrected chi connectivity index (χ0v) is 20.4. The molecule has 0 fully saturated rings. The Morgan fingerprint density at radius 1 is 1.00 bits per heavy atom. The van der Waals surface area contributed by atoms with Gasteiger partial charge in [-0.3, -0.25) is 14.4 Å². The van der Waals surface area contributed by atoms with Crippen LogP contribution in [0.4, 0.5) is 9.39 Å². The number of carbonyl (C=O) groups excluding carboxylic acids is 3. The third-order valence-corrected chi connectivity index (χ3v) is 6.01. The maximum Gasteiger partial charge on any atom is 0.261 e. The number of anilines is 1. The number of hydrogen-bond donors (Lipinski definition) is 3. The number of likely N-dealkylation sites (N-methyl/N-ethyl adjacent to an activating group) is 1. The van der Waals surface area contributed by atoms with Gasteiger partial charge in [-0.15, -0.1) is 11.3 Å². The van der Waals surface area contributed by atoms with Gasteiger partial charge < -0.3 is 25.4 Å². The van der Waals surface area contributed by atoms with Crippen LogP contribution >= 0.6 is 11.3 Å². The van der Waals surface area contributed by atoms with Crippen LogP contribution in [0.5, 0.6) is 11.5 Å². The number of aryl methyl sites for hydroxylation is 1. The van der Waals surface area contributed by atoms with E-state index in [4.69, 9.17) is 9.47 Å². The topological polar surface area (TPSA) is 106 Å². The maximum absolute atomic E-state index is 13.4. The first-order chi connectivity index (χ1) is 16.8. The summed E-state index contributed by atoms with van der Waals surface area (Å²) < 4.78 is 24.2. The standard InChI is InChI=1S/C25H26FN3O5S/c1-4-27-21(30)14-34-19-9-8-16(11-20(19)33-3)13-28-25(32)23-15(2)10-22(35-23)29-24(31)17-6-5-7-18(26)12-17/h5-12H,4,13-14H2,1-3H3,(H,27,30)(H,28,32)(H,29,31). The van der Waals surface area contributed by atoms with Crippen molar-refractivity contribution in [2.45, 2.75) is 20.4 Å². The van der Waals surface area contributed by atoms with Crippen LogP contribution in [0.25, 0.3) is 0 Å². The molecular weight excluding hydrogens is 473 g/mol. The molecule has 0 radical (unpaired) electrons. The van der Waals surface area contributed by atoms with Gasteiger partial charge in [0.25, 0.3) is 17.7 Å². The number of ether oxygens (including phenoxy) is 2. The summed E-state index contributed by atoms with van der Waals surface area (Å²) in [5.41, 5.74) is 1.66. The molecule has 0 atom stereocenters. The predicted octanol–water partition coefficient (Wildman–Crippen LogP) is 3.90. The van der Waals surface area contributed by atoms with Crippen LogP contribution < -0.4 is 25.4 Å². The van der Waals surface area contributed by atoms with Gasteiger partial charge in [-0.1, -0.05) is 12.1 Å². The highest BCUT2D eigenvalue weighted by Gasteiger charge is 2.16. The largest absolute Gasteiger partial charge is 0.493 e. The van der Waals surface area contributed by atoms with E-state index in [-0.39, 0.29) is 30.5 Å². The Bertz CT molecular complexity index is 1230. The molecule has 3 rings (SSSR count). The second-order valence-electron chi connectivity index (χ2n) is 7.50. The molecule has 184 valence electrons. The Hall–Kier alpha value is -3.92. The molecule has 0 aliphatic carbocycles. The molecule has 0 unspecified atom stereocenters. The fraction of sp³-hybridized carbons (Fsp3) is 0.240. The van der Waals surface area contributed by atoms with E-state index in [0.717, 1.165) is 23.0 Å².